The quantitative estimate of drug-likeness (QED) is 0.188. The predicted octanol–water partition coefficient (Wildman–Crippen LogP) is 5.32. The van der Waals surface area contributed by atoms with Crippen molar-refractivity contribution in [1.29, 1.82) is 0 Å². The highest BCUT2D eigenvalue weighted by Crippen LogP contribution is 2.68. The molecule has 11 heteroatoms. The number of piperidine rings is 1. The van der Waals surface area contributed by atoms with Crippen LogP contribution < -0.4 is 21.3 Å². The van der Waals surface area contributed by atoms with E-state index in [2.05, 4.69) is 36.2 Å². The van der Waals surface area contributed by atoms with Crippen LogP contribution in [0.15, 0.2) is 79.3 Å². The number of pyridine rings is 1. The van der Waals surface area contributed by atoms with Gasteiger partial charge in [-0.1, -0.05) is 32.0 Å². The van der Waals surface area contributed by atoms with Crippen molar-refractivity contribution >= 4 is 41.0 Å². The number of aryl methyl sites for hydroxylation is 1. The number of carbonyl (C=O) groups is 4. The molecular weight excluding hydrogens is 606 g/mol. The van der Waals surface area contributed by atoms with Crippen LogP contribution in [0.25, 0.3) is 11.3 Å². The molecule has 1 aliphatic heterocycles. The van der Waals surface area contributed by atoms with Gasteiger partial charge in [-0.05, 0) is 92.1 Å². The van der Waals surface area contributed by atoms with Crippen molar-refractivity contribution < 1.29 is 19.2 Å². The zero-order valence-corrected chi connectivity index (χ0v) is 27.1. The van der Waals surface area contributed by atoms with E-state index in [1.807, 2.05) is 69.3 Å². The first-order chi connectivity index (χ1) is 23.0. The molecule has 4 aromatic rings. The molecule has 1 saturated heterocycles. The molecule has 48 heavy (non-hydrogen) atoms. The van der Waals surface area contributed by atoms with Crippen LogP contribution in [0.3, 0.4) is 0 Å². The van der Waals surface area contributed by atoms with Crippen molar-refractivity contribution in [3.05, 3.63) is 95.9 Å². The third-order valence-electron chi connectivity index (χ3n) is 10.5. The van der Waals surface area contributed by atoms with Gasteiger partial charge in [-0.2, -0.15) is 0 Å². The van der Waals surface area contributed by atoms with Gasteiger partial charge in [-0.25, -0.2) is 9.97 Å². The number of nitrogens with one attached hydrogen (secondary N) is 4. The van der Waals surface area contributed by atoms with Gasteiger partial charge < -0.3 is 16.0 Å². The number of hydrogen-bond acceptors (Lipinski definition) is 8. The Morgan fingerprint density at radius 2 is 1.79 bits per heavy atom. The number of rotatable bonds is 8. The smallest absolute Gasteiger partial charge is 0.255 e. The molecule has 2 aromatic carbocycles. The number of anilines is 3. The van der Waals surface area contributed by atoms with E-state index in [0.29, 0.717) is 36.5 Å². The third-order valence-corrected chi connectivity index (χ3v) is 10.5. The Labute approximate surface area is 278 Å². The van der Waals surface area contributed by atoms with Crippen LogP contribution in [0.4, 0.5) is 17.3 Å². The lowest BCUT2D eigenvalue weighted by molar-refractivity contribution is -0.196. The molecule has 4 N–H and O–H groups in total. The summed E-state index contributed by atoms with van der Waals surface area (Å²) in [5, 5.41) is 11.8. The second-order valence-electron chi connectivity index (χ2n) is 13.9. The summed E-state index contributed by atoms with van der Waals surface area (Å²) in [4.78, 5) is 65.6. The number of hydrogen-bond donors (Lipinski definition) is 4. The zero-order chi connectivity index (χ0) is 33.7. The number of benzene rings is 2. The van der Waals surface area contributed by atoms with Crippen molar-refractivity contribution in [2.24, 2.45) is 22.2 Å². The van der Waals surface area contributed by atoms with Gasteiger partial charge in [0.2, 0.25) is 23.7 Å². The van der Waals surface area contributed by atoms with Crippen molar-refractivity contribution in [2.45, 2.75) is 53.0 Å². The zero-order valence-electron chi connectivity index (χ0n) is 27.1. The van der Waals surface area contributed by atoms with Gasteiger partial charge in [0.1, 0.15) is 0 Å². The molecule has 2 saturated carbocycles. The van der Waals surface area contributed by atoms with Gasteiger partial charge in [0.15, 0.2) is 0 Å². The van der Waals surface area contributed by atoms with Crippen LogP contribution in [-0.4, -0.2) is 38.6 Å². The van der Waals surface area contributed by atoms with Crippen molar-refractivity contribution in [1.82, 2.24) is 25.6 Å². The summed E-state index contributed by atoms with van der Waals surface area (Å²) in [5.74, 6) is -0.610. The first-order valence-corrected chi connectivity index (χ1v) is 16.1. The van der Waals surface area contributed by atoms with E-state index in [9.17, 15) is 19.2 Å². The van der Waals surface area contributed by atoms with Gasteiger partial charge in [0.25, 0.3) is 5.91 Å². The summed E-state index contributed by atoms with van der Waals surface area (Å²) >= 11 is 0. The fourth-order valence-electron chi connectivity index (χ4n) is 8.01. The molecule has 4 atom stereocenters. The molecule has 4 amide bonds. The molecular formula is C37H37N7O4. The number of aromatic nitrogens is 3. The summed E-state index contributed by atoms with van der Waals surface area (Å²) in [6, 6.07) is 18.2. The minimum absolute atomic E-state index is 0.0979. The normalized spacial score (nSPS) is 25.6. The summed E-state index contributed by atoms with van der Waals surface area (Å²) in [7, 11) is 0. The van der Waals surface area contributed by atoms with Crippen molar-refractivity contribution in [2.75, 3.05) is 10.6 Å². The Balaban J connectivity index is 0.983. The van der Waals surface area contributed by atoms with Gasteiger partial charge in [0, 0.05) is 53.1 Å². The summed E-state index contributed by atoms with van der Waals surface area (Å²) < 4.78 is 0. The first kappa shape index (κ1) is 31.2. The number of carbonyl (C=O) groups excluding carboxylic acids is 4. The maximum absolute atomic E-state index is 13.7. The maximum Gasteiger partial charge on any atom is 0.255 e. The fourth-order valence-corrected chi connectivity index (χ4v) is 8.01. The molecule has 2 aliphatic carbocycles. The van der Waals surface area contributed by atoms with E-state index in [-0.39, 0.29) is 36.1 Å². The largest absolute Gasteiger partial charge is 0.352 e. The van der Waals surface area contributed by atoms with Crippen molar-refractivity contribution in [3.8, 4) is 11.3 Å². The highest BCUT2D eigenvalue weighted by molar-refractivity contribution is 6.06. The van der Waals surface area contributed by atoms with E-state index in [4.69, 9.17) is 0 Å². The number of nitrogens with zero attached hydrogens (tertiary/aromatic N) is 3. The minimum atomic E-state index is -0.825. The highest BCUT2D eigenvalue weighted by Gasteiger charge is 2.71. The van der Waals surface area contributed by atoms with Crippen LogP contribution in [0.2, 0.25) is 0 Å². The second-order valence-corrected chi connectivity index (χ2v) is 13.9. The van der Waals surface area contributed by atoms with E-state index < -0.39 is 16.2 Å². The molecule has 7 rings (SSSR count). The third kappa shape index (κ3) is 5.38. The lowest BCUT2D eigenvalue weighted by atomic mass is 9.39. The molecule has 1 spiro atoms. The molecule has 3 fully saturated rings. The molecule has 244 valence electrons. The van der Waals surface area contributed by atoms with E-state index >= 15 is 0 Å². The predicted molar refractivity (Wildman–Crippen MR) is 180 cm³/mol. The molecule has 3 aliphatic rings. The summed E-state index contributed by atoms with van der Waals surface area (Å²) in [5.41, 5.74) is 3.01. The van der Waals surface area contributed by atoms with Crippen LogP contribution >= 0.6 is 0 Å². The van der Waals surface area contributed by atoms with E-state index in [1.54, 1.807) is 30.7 Å². The lowest BCUT2D eigenvalue weighted by Crippen LogP contribution is -2.72. The Kier molecular flexibility index (Phi) is 7.57. The fraction of sp³-hybridized carbons (Fsp3) is 0.324. The average Bonchev–Trinajstić information content (AvgIpc) is 3.06. The lowest BCUT2D eigenvalue weighted by Gasteiger charge is -2.64. The molecule has 2 aromatic heterocycles. The standard InChI is InChI=1S/C37H37N7O4/c1-22-6-11-26(17-28(22)43-34-39-16-13-27(42-34)25-5-4-15-38-19-25)41-30(45)24-9-7-23(8-10-24)18-40-32(47)36(3)20-35(2)21-37(14-12-29(36)37)33(48)44-31(35)46/h4-11,13,15-17,19,29H,12,14,18,20-21H2,1-3H3,(H,40,47)(H,41,45)(H,39,42,43)(H,44,46,48). The Hall–Kier alpha value is -5.45. The van der Waals surface area contributed by atoms with E-state index in [1.165, 1.54) is 0 Å². The van der Waals surface area contributed by atoms with Gasteiger partial charge in [-0.15, -0.1) is 0 Å². The molecule has 0 radical (unpaired) electrons. The minimum Gasteiger partial charge on any atom is -0.352 e. The van der Waals surface area contributed by atoms with Gasteiger partial charge >= 0.3 is 0 Å². The van der Waals surface area contributed by atoms with Crippen LogP contribution in [0.1, 0.15) is 61.0 Å². The Morgan fingerprint density at radius 1 is 0.979 bits per heavy atom. The number of amides is 4. The van der Waals surface area contributed by atoms with Crippen LogP contribution in [0.5, 0.6) is 0 Å². The molecule has 4 unspecified atom stereocenters. The van der Waals surface area contributed by atoms with E-state index in [0.717, 1.165) is 34.5 Å². The number of fused-ring (bicyclic) bond motifs is 1. The SMILES string of the molecule is Cc1ccc(NC(=O)c2ccc(CNC(=O)C3(C)CC4(C)CC5(CCC35)C(=O)NC4=O)cc2)cc1Nc1nccc(-c2cccnc2)n1. The topological polar surface area (TPSA) is 155 Å². The van der Waals surface area contributed by atoms with Gasteiger partial charge in [-0.3, -0.25) is 29.5 Å². The van der Waals surface area contributed by atoms with Crippen molar-refractivity contribution in [3.63, 3.8) is 0 Å². The van der Waals surface area contributed by atoms with Crippen LogP contribution in [0, 0.1) is 29.1 Å². The van der Waals surface area contributed by atoms with Crippen LogP contribution in [-0.2, 0) is 20.9 Å². The monoisotopic (exact) mass is 643 g/mol. The first-order valence-electron chi connectivity index (χ1n) is 16.1. The summed E-state index contributed by atoms with van der Waals surface area (Å²) in [6.07, 6.45) is 7.54. The Bertz CT molecular complexity index is 1950. The summed E-state index contributed by atoms with van der Waals surface area (Å²) in [6.45, 7) is 5.99. The Morgan fingerprint density at radius 3 is 2.52 bits per heavy atom. The van der Waals surface area contributed by atoms with Gasteiger partial charge in [0.05, 0.1) is 16.5 Å². The molecule has 2 bridgehead atoms. The number of imide groups is 1. The molecule has 3 heterocycles. The second kappa shape index (κ2) is 11.7. The highest BCUT2D eigenvalue weighted by atomic mass is 16.2. The maximum atomic E-state index is 13.7. The molecule has 11 nitrogen and oxygen atoms in total. The average molecular weight is 644 g/mol.